The fraction of sp³-hybridized carbons (Fsp3) is 0.571. The number of hydrogen-bond acceptors (Lipinski definition) is 2. The van der Waals surface area contributed by atoms with Gasteiger partial charge in [-0.3, -0.25) is 0 Å². The summed E-state index contributed by atoms with van der Waals surface area (Å²) < 4.78 is 4.99. The molecule has 1 N–H and O–H groups in total. The van der Waals surface area contributed by atoms with E-state index < -0.39 is 0 Å². The molecule has 2 rings (SSSR count). The van der Waals surface area contributed by atoms with E-state index in [2.05, 4.69) is 29.6 Å². The highest BCUT2D eigenvalue weighted by atomic mass is 16.5. The van der Waals surface area contributed by atoms with E-state index in [0.29, 0.717) is 0 Å². The number of rotatable bonds is 7. The molecule has 2 nitrogen and oxygen atoms in total. The number of nitrogens with one attached hydrogen (secondary N) is 1. The van der Waals surface area contributed by atoms with Gasteiger partial charge in [-0.15, -0.1) is 0 Å². The predicted octanol–water partition coefficient (Wildman–Crippen LogP) is 2.34. The summed E-state index contributed by atoms with van der Waals surface area (Å²) in [5.74, 6) is 0.862. The predicted molar refractivity (Wildman–Crippen MR) is 66.9 cm³/mol. The summed E-state index contributed by atoms with van der Waals surface area (Å²) in [6.45, 7) is 2.78. The molecule has 0 spiro atoms. The Morgan fingerprint density at radius 2 is 2.19 bits per heavy atom. The number of ether oxygens (including phenoxy) is 1. The van der Waals surface area contributed by atoms with Crippen molar-refractivity contribution in [1.29, 1.82) is 0 Å². The van der Waals surface area contributed by atoms with Crippen LogP contribution >= 0.6 is 0 Å². The molecule has 0 radical (unpaired) electrons. The standard InChI is InChI=1S/C14H21NO/c1-16-10-9-15-8-7-12-3-2-4-14(11-12)13-5-6-13/h2-4,11,13,15H,5-10H2,1H3. The van der Waals surface area contributed by atoms with Crippen LogP contribution in [0.15, 0.2) is 24.3 Å². The lowest BCUT2D eigenvalue weighted by molar-refractivity contribution is 0.199. The van der Waals surface area contributed by atoms with Gasteiger partial charge in [0, 0.05) is 13.7 Å². The monoisotopic (exact) mass is 219 g/mol. The summed E-state index contributed by atoms with van der Waals surface area (Å²) in [6.07, 6.45) is 3.88. The maximum absolute atomic E-state index is 4.99. The molecule has 88 valence electrons. The third-order valence-corrected chi connectivity index (χ3v) is 3.07. The van der Waals surface area contributed by atoms with Gasteiger partial charge < -0.3 is 10.1 Å². The highest BCUT2D eigenvalue weighted by molar-refractivity contribution is 5.29. The first-order valence-corrected chi connectivity index (χ1v) is 6.18. The van der Waals surface area contributed by atoms with Gasteiger partial charge in [0.15, 0.2) is 0 Å². The van der Waals surface area contributed by atoms with E-state index in [-0.39, 0.29) is 0 Å². The zero-order valence-electron chi connectivity index (χ0n) is 10.0. The zero-order valence-corrected chi connectivity index (χ0v) is 10.0. The first-order valence-electron chi connectivity index (χ1n) is 6.18. The van der Waals surface area contributed by atoms with E-state index in [4.69, 9.17) is 4.74 Å². The molecule has 1 fully saturated rings. The van der Waals surface area contributed by atoms with Crippen LogP contribution in [0.2, 0.25) is 0 Å². The molecule has 0 saturated heterocycles. The van der Waals surface area contributed by atoms with Gasteiger partial charge in [0.2, 0.25) is 0 Å². The molecule has 0 aromatic heterocycles. The summed E-state index contributed by atoms with van der Waals surface area (Å²) in [7, 11) is 1.74. The van der Waals surface area contributed by atoms with Crippen molar-refractivity contribution in [3.05, 3.63) is 35.4 Å². The Hall–Kier alpha value is -0.860. The van der Waals surface area contributed by atoms with Gasteiger partial charge in [0.05, 0.1) is 6.61 Å². The van der Waals surface area contributed by atoms with Crippen molar-refractivity contribution in [2.75, 3.05) is 26.8 Å². The number of benzene rings is 1. The van der Waals surface area contributed by atoms with Gasteiger partial charge in [-0.25, -0.2) is 0 Å². The summed E-state index contributed by atoms with van der Waals surface area (Å²) in [4.78, 5) is 0. The first kappa shape index (κ1) is 11.6. The van der Waals surface area contributed by atoms with E-state index in [0.717, 1.165) is 32.0 Å². The smallest absolute Gasteiger partial charge is 0.0587 e. The summed E-state index contributed by atoms with van der Waals surface area (Å²) in [6, 6.07) is 9.05. The van der Waals surface area contributed by atoms with Crippen molar-refractivity contribution in [1.82, 2.24) is 5.32 Å². The van der Waals surface area contributed by atoms with Gasteiger partial charge in [-0.1, -0.05) is 24.3 Å². The van der Waals surface area contributed by atoms with Crippen LogP contribution in [0.1, 0.15) is 29.9 Å². The molecule has 16 heavy (non-hydrogen) atoms. The topological polar surface area (TPSA) is 21.3 Å². The Labute approximate surface area is 98.0 Å². The highest BCUT2D eigenvalue weighted by Crippen LogP contribution is 2.40. The molecule has 1 saturated carbocycles. The quantitative estimate of drug-likeness (QED) is 0.711. The highest BCUT2D eigenvalue weighted by Gasteiger charge is 2.23. The Morgan fingerprint density at radius 1 is 1.31 bits per heavy atom. The Morgan fingerprint density at radius 3 is 2.94 bits per heavy atom. The van der Waals surface area contributed by atoms with Crippen LogP contribution in [0, 0.1) is 0 Å². The molecular formula is C14H21NO. The van der Waals surface area contributed by atoms with Crippen LogP contribution in [-0.4, -0.2) is 26.8 Å². The lowest BCUT2D eigenvalue weighted by Gasteiger charge is -2.06. The fourth-order valence-electron chi connectivity index (χ4n) is 1.95. The van der Waals surface area contributed by atoms with Gasteiger partial charge in [-0.2, -0.15) is 0 Å². The molecule has 2 heteroatoms. The van der Waals surface area contributed by atoms with E-state index >= 15 is 0 Å². The van der Waals surface area contributed by atoms with Crippen molar-refractivity contribution >= 4 is 0 Å². The van der Waals surface area contributed by atoms with Gasteiger partial charge >= 0.3 is 0 Å². The van der Waals surface area contributed by atoms with Crippen molar-refractivity contribution in [3.63, 3.8) is 0 Å². The Bertz CT molecular complexity index is 320. The lowest BCUT2D eigenvalue weighted by Crippen LogP contribution is -2.21. The van der Waals surface area contributed by atoms with Gasteiger partial charge in [0.25, 0.3) is 0 Å². The third-order valence-electron chi connectivity index (χ3n) is 3.07. The number of methoxy groups -OCH3 is 1. The molecule has 1 aromatic carbocycles. The van der Waals surface area contributed by atoms with E-state index in [9.17, 15) is 0 Å². The van der Waals surface area contributed by atoms with Gasteiger partial charge in [0.1, 0.15) is 0 Å². The SMILES string of the molecule is COCCNCCc1cccc(C2CC2)c1. The van der Waals surface area contributed by atoms with Crippen LogP contribution in [-0.2, 0) is 11.2 Å². The molecular weight excluding hydrogens is 198 g/mol. The van der Waals surface area contributed by atoms with Gasteiger partial charge in [-0.05, 0) is 42.9 Å². The Balaban J connectivity index is 1.73. The zero-order chi connectivity index (χ0) is 11.2. The third kappa shape index (κ3) is 3.62. The molecule has 0 unspecified atom stereocenters. The maximum Gasteiger partial charge on any atom is 0.0587 e. The molecule has 1 aromatic rings. The van der Waals surface area contributed by atoms with Crippen molar-refractivity contribution in [2.45, 2.75) is 25.2 Å². The minimum atomic E-state index is 0.794. The second-order valence-corrected chi connectivity index (χ2v) is 4.51. The molecule has 0 atom stereocenters. The Kier molecular flexibility index (Phi) is 4.37. The first-order chi connectivity index (χ1) is 7.90. The maximum atomic E-state index is 4.99. The molecule has 1 aliphatic carbocycles. The van der Waals surface area contributed by atoms with Crippen LogP contribution in [0.5, 0.6) is 0 Å². The second-order valence-electron chi connectivity index (χ2n) is 4.51. The lowest BCUT2D eigenvalue weighted by atomic mass is 10.1. The van der Waals surface area contributed by atoms with Crippen LogP contribution in [0.25, 0.3) is 0 Å². The van der Waals surface area contributed by atoms with Crippen molar-refractivity contribution in [3.8, 4) is 0 Å². The normalized spacial score (nSPS) is 15.3. The largest absolute Gasteiger partial charge is 0.383 e. The van der Waals surface area contributed by atoms with E-state index in [1.54, 1.807) is 7.11 Å². The molecule has 0 heterocycles. The van der Waals surface area contributed by atoms with E-state index in [1.807, 2.05) is 0 Å². The summed E-state index contributed by atoms with van der Waals surface area (Å²) >= 11 is 0. The van der Waals surface area contributed by atoms with Crippen LogP contribution in [0.4, 0.5) is 0 Å². The molecule has 0 amide bonds. The summed E-state index contributed by atoms with van der Waals surface area (Å²) in [5, 5.41) is 3.37. The van der Waals surface area contributed by atoms with Crippen molar-refractivity contribution < 1.29 is 4.74 Å². The van der Waals surface area contributed by atoms with Crippen LogP contribution < -0.4 is 5.32 Å². The fourth-order valence-corrected chi connectivity index (χ4v) is 1.95. The minimum Gasteiger partial charge on any atom is -0.383 e. The molecule has 0 aliphatic heterocycles. The van der Waals surface area contributed by atoms with E-state index in [1.165, 1.54) is 24.0 Å². The van der Waals surface area contributed by atoms with Crippen LogP contribution in [0.3, 0.4) is 0 Å². The minimum absolute atomic E-state index is 0.794. The average molecular weight is 219 g/mol. The summed E-state index contributed by atoms with van der Waals surface area (Å²) in [5.41, 5.74) is 2.99. The second kappa shape index (κ2) is 6.02. The molecule has 0 bridgehead atoms. The number of hydrogen-bond donors (Lipinski definition) is 1. The van der Waals surface area contributed by atoms with Crippen molar-refractivity contribution in [2.24, 2.45) is 0 Å². The average Bonchev–Trinajstić information content (AvgIpc) is 3.13. The molecule has 1 aliphatic rings.